The van der Waals surface area contributed by atoms with Gasteiger partial charge in [0.1, 0.15) is 4.70 Å². The van der Waals surface area contributed by atoms with E-state index in [1.165, 1.54) is 23.1 Å². The Morgan fingerprint density at radius 1 is 1.17 bits per heavy atom. The highest BCUT2D eigenvalue weighted by atomic mass is 35.5. The number of amides is 1. The van der Waals surface area contributed by atoms with Crippen molar-refractivity contribution in [3.8, 4) is 5.69 Å². The second-order valence-corrected chi connectivity index (χ2v) is 8.52. The van der Waals surface area contributed by atoms with Gasteiger partial charge in [-0.25, -0.2) is 4.98 Å². The van der Waals surface area contributed by atoms with Crippen LogP contribution in [0.25, 0.3) is 15.9 Å². The molecule has 0 saturated heterocycles. The zero-order valence-electron chi connectivity index (χ0n) is 15.4. The minimum Gasteiger partial charge on any atom is -0.325 e. The van der Waals surface area contributed by atoms with Crippen molar-refractivity contribution in [2.75, 3.05) is 11.1 Å². The van der Waals surface area contributed by atoms with Gasteiger partial charge in [-0.2, -0.15) is 0 Å². The zero-order chi connectivity index (χ0) is 20.4. The van der Waals surface area contributed by atoms with E-state index in [-0.39, 0.29) is 17.2 Å². The summed E-state index contributed by atoms with van der Waals surface area (Å²) in [5, 5.41) is 5.79. The van der Waals surface area contributed by atoms with E-state index in [1.54, 1.807) is 22.8 Å². The number of halogens is 1. The molecule has 8 heteroatoms. The summed E-state index contributed by atoms with van der Waals surface area (Å²) in [7, 11) is 0. The van der Waals surface area contributed by atoms with Gasteiger partial charge in [0.15, 0.2) is 5.16 Å². The van der Waals surface area contributed by atoms with Gasteiger partial charge in [0, 0.05) is 10.7 Å². The zero-order valence-corrected chi connectivity index (χ0v) is 17.8. The van der Waals surface area contributed by atoms with Crippen LogP contribution in [-0.2, 0) is 4.79 Å². The Balaban J connectivity index is 1.63. The van der Waals surface area contributed by atoms with Crippen LogP contribution in [0.4, 0.5) is 5.69 Å². The van der Waals surface area contributed by atoms with E-state index in [9.17, 15) is 9.59 Å². The monoisotopic (exact) mass is 441 g/mol. The van der Waals surface area contributed by atoms with Crippen LogP contribution in [-0.4, -0.2) is 21.2 Å². The number of anilines is 1. The fourth-order valence-corrected chi connectivity index (χ4v) is 4.60. The summed E-state index contributed by atoms with van der Waals surface area (Å²) < 4.78 is 2.15. The Kier molecular flexibility index (Phi) is 5.71. The minimum absolute atomic E-state index is 0.112. The second kappa shape index (κ2) is 8.41. The maximum Gasteiger partial charge on any atom is 0.276 e. The quantitative estimate of drug-likeness (QED) is 0.344. The first-order valence-corrected chi connectivity index (χ1v) is 11.0. The average Bonchev–Trinajstić information content (AvgIpc) is 3.20. The number of nitrogens with one attached hydrogen (secondary N) is 1. The Hall–Kier alpha value is -2.61. The third-order valence-corrected chi connectivity index (χ3v) is 6.58. The Labute approximate surface area is 180 Å². The van der Waals surface area contributed by atoms with E-state index in [1.807, 2.05) is 48.7 Å². The molecule has 0 atom stereocenters. The number of fused-ring (bicyclic) bond motifs is 1. The topological polar surface area (TPSA) is 64.0 Å². The molecule has 0 saturated carbocycles. The smallest absolute Gasteiger partial charge is 0.276 e. The summed E-state index contributed by atoms with van der Waals surface area (Å²) >= 11 is 8.70. The molecule has 0 aliphatic rings. The molecule has 2 heterocycles. The lowest BCUT2D eigenvalue weighted by molar-refractivity contribution is -0.113. The van der Waals surface area contributed by atoms with E-state index >= 15 is 0 Å². The highest BCUT2D eigenvalue weighted by Crippen LogP contribution is 2.25. The second-order valence-electron chi connectivity index (χ2n) is 6.25. The SMILES string of the molecule is Cc1c(Cl)cccc1NC(=O)CSc1nc2ccsc2c(=O)n1-c1ccccc1. The molecule has 0 aliphatic heterocycles. The average molecular weight is 442 g/mol. The fourth-order valence-electron chi connectivity index (χ4n) is 2.85. The van der Waals surface area contributed by atoms with Crippen LogP contribution in [0.3, 0.4) is 0 Å². The lowest BCUT2D eigenvalue weighted by Crippen LogP contribution is -2.22. The first-order valence-electron chi connectivity index (χ1n) is 8.78. The maximum atomic E-state index is 13.0. The third-order valence-electron chi connectivity index (χ3n) is 4.34. The van der Waals surface area contributed by atoms with Crippen molar-refractivity contribution in [1.82, 2.24) is 9.55 Å². The maximum absolute atomic E-state index is 13.0. The number of thioether (sulfide) groups is 1. The van der Waals surface area contributed by atoms with E-state index in [0.29, 0.717) is 31.8 Å². The number of rotatable bonds is 5. The standard InChI is InChI=1S/C21H16ClN3O2S2/c1-13-15(22)8-5-9-16(13)23-18(26)12-29-21-24-17-10-11-28-19(17)20(27)25(21)14-6-3-2-4-7-14/h2-11H,12H2,1H3,(H,23,26). The summed E-state index contributed by atoms with van der Waals surface area (Å²) in [6.07, 6.45) is 0. The van der Waals surface area contributed by atoms with Crippen molar-refractivity contribution in [3.05, 3.63) is 80.9 Å². The molecule has 4 aromatic rings. The molecule has 146 valence electrons. The minimum atomic E-state index is -0.195. The lowest BCUT2D eigenvalue weighted by Gasteiger charge is -2.12. The van der Waals surface area contributed by atoms with E-state index in [4.69, 9.17) is 11.6 Å². The van der Waals surface area contributed by atoms with Gasteiger partial charge in [-0.15, -0.1) is 11.3 Å². The number of hydrogen-bond acceptors (Lipinski definition) is 5. The molecule has 2 aromatic heterocycles. The number of carbonyl (C=O) groups is 1. The van der Waals surface area contributed by atoms with Gasteiger partial charge in [-0.05, 0) is 48.2 Å². The molecule has 5 nitrogen and oxygen atoms in total. The summed E-state index contributed by atoms with van der Waals surface area (Å²) in [4.78, 5) is 30.2. The predicted molar refractivity (Wildman–Crippen MR) is 121 cm³/mol. The van der Waals surface area contributed by atoms with Gasteiger partial charge in [0.25, 0.3) is 5.56 Å². The van der Waals surface area contributed by atoms with Gasteiger partial charge < -0.3 is 5.32 Å². The lowest BCUT2D eigenvalue weighted by atomic mass is 10.2. The van der Waals surface area contributed by atoms with Crippen molar-refractivity contribution in [2.24, 2.45) is 0 Å². The van der Waals surface area contributed by atoms with E-state index in [0.717, 1.165) is 5.56 Å². The third kappa shape index (κ3) is 4.07. The van der Waals surface area contributed by atoms with Crippen LogP contribution in [0.15, 0.2) is 69.9 Å². The fraction of sp³-hybridized carbons (Fsp3) is 0.0952. The molecule has 4 rings (SSSR count). The molecule has 0 unspecified atom stereocenters. The highest BCUT2D eigenvalue weighted by Gasteiger charge is 2.16. The Morgan fingerprint density at radius 2 is 1.97 bits per heavy atom. The molecule has 0 spiro atoms. The van der Waals surface area contributed by atoms with Crippen molar-refractivity contribution >= 4 is 56.5 Å². The summed E-state index contributed by atoms with van der Waals surface area (Å²) in [6.45, 7) is 1.85. The molecule has 0 aliphatic carbocycles. The van der Waals surface area contributed by atoms with Gasteiger partial charge >= 0.3 is 0 Å². The molecular weight excluding hydrogens is 426 g/mol. The van der Waals surface area contributed by atoms with Gasteiger partial charge in [-0.1, -0.05) is 47.6 Å². The highest BCUT2D eigenvalue weighted by molar-refractivity contribution is 7.99. The van der Waals surface area contributed by atoms with E-state index < -0.39 is 0 Å². The largest absolute Gasteiger partial charge is 0.325 e. The first kappa shape index (κ1) is 19.7. The van der Waals surface area contributed by atoms with Crippen molar-refractivity contribution in [3.63, 3.8) is 0 Å². The number of aromatic nitrogens is 2. The predicted octanol–water partition coefficient (Wildman–Crippen LogP) is 5.14. The van der Waals surface area contributed by atoms with Gasteiger partial charge in [0.2, 0.25) is 5.91 Å². The number of hydrogen-bond donors (Lipinski definition) is 1. The molecule has 2 aromatic carbocycles. The van der Waals surface area contributed by atoms with Crippen molar-refractivity contribution < 1.29 is 4.79 Å². The van der Waals surface area contributed by atoms with Gasteiger partial charge in [-0.3, -0.25) is 14.2 Å². The number of benzene rings is 2. The van der Waals surface area contributed by atoms with Crippen LogP contribution in [0.5, 0.6) is 0 Å². The van der Waals surface area contributed by atoms with Crippen LogP contribution in [0.1, 0.15) is 5.56 Å². The van der Waals surface area contributed by atoms with Crippen molar-refractivity contribution in [1.29, 1.82) is 0 Å². The van der Waals surface area contributed by atoms with Gasteiger partial charge in [0.05, 0.1) is 17.0 Å². The Bertz CT molecular complexity index is 1250. The van der Waals surface area contributed by atoms with Crippen LogP contribution < -0.4 is 10.9 Å². The molecule has 1 amide bonds. The van der Waals surface area contributed by atoms with Crippen LogP contribution in [0, 0.1) is 6.92 Å². The molecular formula is C21H16ClN3O2S2. The molecule has 0 radical (unpaired) electrons. The van der Waals surface area contributed by atoms with E-state index in [2.05, 4.69) is 10.3 Å². The molecule has 29 heavy (non-hydrogen) atoms. The van der Waals surface area contributed by atoms with Crippen LogP contribution in [0.2, 0.25) is 5.02 Å². The first-order chi connectivity index (χ1) is 14.0. The molecule has 0 fully saturated rings. The normalized spacial score (nSPS) is 11.0. The number of para-hydroxylation sites is 1. The summed E-state index contributed by atoms with van der Waals surface area (Å²) in [5.41, 5.74) is 2.70. The number of thiophene rings is 1. The molecule has 0 bridgehead atoms. The summed E-state index contributed by atoms with van der Waals surface area (Å²) in [5.74, 6) is -0.0828. The van der Waals surface area contributed by atoms with Crippen LogP contribution >= 0.6 is 34.7 Å². The number of carbonyl (C=O) groups excluding carboxylic acids is 1. The Morgan fingerprint density at radius 3 is 2.76 bits per heavy atom. The molecule has 1 N–H and O–H groups in total. The number of nitrogens with zero attached hydrogens (tertiary/aromatic N) is 2. The van der Waals surface area contributed by atoms with Crippen molar-refractivity contribution in [2.45, 2.75) is 12.1 Å². The summed E-state index contributed by atoms with van der Waals surface area (Å²) in [6, 6.07) is 16.5.